The summed E-state index contributed by atoms with van der Waals surface area (Å²) in [6.45, 7) is 9.21. The van der Waals surface area contributed by atoms with Crippen LogP contribution in [0.15, 0.2) is 4.99 Å². The van der Waals surface area contributed by atoms with Gasteiger partial charge in [0.1, 0.15) is 0 Å². The highest BCUT2D eigenvalue weighted by molar-refractivity contribution is 5.95. The Bertz CT molecular complexity index is 226. The van der Waals surface area contributed by atoms with E-state index in [1.807, 2.05) is 0 Å². The third-order valence-electron chi connectivity index (χ3n) is 2.28. The minimum Gasteiger partial charge on any atom is -0.370 e. The van der Waals surface area contributed by atoms with Gasteiger partial charge in [-0.2, -0.15) is 0 Å². The molecule has 0 bridgehead atoms. The lowest BCUT2D eigenvalue weighted by Gasteiger charge is -2.25. The summed E-state index contributed by atoms with van der Waals surface area (Å²) in [4.78, 5) is 4.09. The van der Waals surface area contributed by atoms with E-state index >= 15 is 0 Å². The molecule has 0 radical (unpaired) electrons. The fourth-order valence-electron chi connectivity index (χ4n) is 0.687. The molecule has 0 saturated carbocycles. The highest BCUT2D eigenvalue weighted by Gasteiger charge is 2.19. The highest BCUT2D eigenvalue weighted by atomic mass is 15.2. The fraction of sp³-hybridized carbons (Fsp3) is 0.778. The van der Waals surface area contributed by atoms with Crippen molar-refractivity contribution in [3.05, 3.63) is 0 Å². The third-order valence-corrected chi connectivity index (χ3v) is 2.28. The van der Waals surface area contributed by atoms with Gasteiger partial charge in [0.05, 0.1) is 0 Å². The van der Waals surface area contributed by atoms with E-state index in [1.54, 1.807) is 0 Å². The normalized spacial score (nSPS) is 15.0. The van der Waals surface area contributed by atoms with E-state index in [1.165, 1.54) is 0 Å². The van der Waals surface area contributed by atoms with Crippen molar-refractivity contribution >= 4 is 11.9 Å². The molecule has 0 aromatic rings. The molecule has 5 nitrogen and oxygen atoms in total. The first-order chi connectivity index (χ1) is 6.23. The number of nitrogens with one attached hydrogen (secondary N) is 2. The van der Waals surface area contributed by atoms with Crippen LogP contribution in [0.4, 0.5) is 0 Å². The number of rotatable bonds is 2. The van der Waals surface area contributed by atoms with Crippen molar-refractivity contribution in [1.82, 2.24) is 5.32 Å². The highest BCUT2D eigenvalue weighted by Crippen LogP contribution is 2.25. The molecule has 0 heterocycles. The summed E-state index contributed by atoms with van der Waals surface area (Å²) in [7, 11) is 0. The maximum absolute atomic E-state index is 6.94. The van der Waals surface area contributed by atoms with Gasteiger partial charge in [-0.1, -0.05) is 27.7 Å². The van der Waals surface area contributed by atoms with Crippen molar-refractivity contribution in [3.8, 4) is 0 Å². The molecule has 0 fully saturated rings. The maximum atomic E-state index is 6.94. The van der Waals surface area contributed by atoms with Crippen LogP contribution >= 0.6 is 0 Å². The van der Waals surface area contributed by atoms with Crippen molar-refractivity contribution in [2.75, 3.05) is 6.54 Å². The average Bonchev–Trinajstić information content (AvgIpc) is 1.96. The van der Waals surface area contributed by atoms with Crippen LogP contribution in [0.3, 0.4) is 0 Å². The summed E-state index contributed by atoms with van der Waals surface area (Å²) in [6, 6.07) is 0. The van der Waals surface area contributed by atoms with Gasteiger partial charge in [-0.15, -0.1) is 0 Å². The van der Waals surface area contributed by atoms with E-state index in [0.29, 0.717) is 12.5 Å². The van der Waals surface area contributed by atoms with Crippen LogP contribution in [0.25, 0.3) is 0 Å². The Kier molecular flexibility index (Phi) is 4.40. The average molecular weight is 199 g/mol. The Morgan fingerprint density at radius 1 is 1.43 bits per heavy atom. The first-order valence-corrected chi connectivity index (χ1v) is 4.64. The van der Waals surface area contributed by atoms with Crippen molar-refractivity contribution < 1.29 is 0 Å². The molecule has 0 rings (SSSR count). The van der Waals surface area contributed by atoms with Gasteiger partial charge in [0.25, 0.3) is 0 Å². The van der Waals surface area contributed by atoms with Crippen molar-refractivity contribution in [2.45, 2.75) is 27.7 Å². The Morgan fingerprint density at radius 3 is 2.29 bits per heavy atom. The lowest BCUT2D eigenvalue weighted by molar-refractivity contribution is 0.269. The summed E-state index contributed by atoms with van der Waals surface area (Å²) < 4.78 is 0. The molecule has 14 heavy (non-hydrogen) atoms. The number of hydrogen-bond acceptors (Lipinski definition) is 2. The first-order valence-electron chi connectivity index (χ1n) is 4.64. The zero-order valence-electron chi connectivity index (χ0n) is 9.39. The van der Waals surface area contributed by atoms with Gasteiger partial charge in [0, 0.05) is 6.54 Å². The first kappa shape index (κ1) is 12.7. The van der Waals surface area contributed by atoms with Crippen LogP contribution in [0, 0.1) is 16.7 Å². The van der Waals surface area contributed by atoms with Crippen molar-refractivity contribution in [2.24, 2.45) is 27.8 Å². The number of hydrogen-bond donors (Lipinski definition) is 4. The summed E-state index contributed by atoms with van der Waals surface area (Å²) in [6.07, 6.45) is 0. The molecule has 5 heteroatoms. The second kappa shape index (κ2) is 4.83. The maximum Gasteiger partial charge on any atom is 0.195 e. The smallest absolute Gasteiger partial charge is 0.195 e. The second-order valence-electron chi connectivity index (χ2n) is 4.53. The van der Waals surface area contributed by atoms with Gasteiger partial charge in [-0.3, -0.25) is 15.7 Å². The van der Waals surface area contributed by atoms with Gasteiger partial charge < -0.3 is 11.5 Å². The molecule has 0 aromatic carbocycles. The molecule has 82 valence electrons. The predicted octanol–water partition coefficient (Wildman–Crippen LogP) is 0.466. The SMILES string of the molecule is CC(CN=C(N)NC(=N)N)C(C)(C)C. The van der Waals surface area contributed by atoms with Crippen LogP contribution < -0.4 is 16.8 Å². The lowest BCUT2D eigenvalue weighted by atomic mass is 9.82. The van der Waals surface area contributed by atoms with E-state index < -0.39 is 0 Å². The Morgan fingerprint density at radius 2 is 1.93 bits per heavy atom. The van der Waals surface area contributed by atoms with Gasteiger partial charge >= 0.3 is 0 Å². The zero-order chi connectivity index (χ0) is 11.4. The molecular weight excluding hydrogens is 178 g/mol. The minimum absolute atomic E-state index is 0.185. The molecular formula is C9H21N5. The molecule has 1 unspecified atom stereocenters. The quantitative estimate of drug-likeness (QED) is 0.384. The van der Waals surface area contributed by atoms with E-state index in [2.05, 4.69) is 38.0 Å². The standard InChI is InChI=1S/C9H21N5/c1-6(9(2,3)4)5-13-8(12)14-7(10)11/h6H,5H2,1-4H3,(H6,10,11,12,13,14). The van der Waals surface area contributed by atoms with E-state index in [4.69, 9.17) is 16.9 Å². The van der Waals surface area contributed by atoms with Crippen LogP contribution in [0.1, 0.15) is 27.7 Å². The van der Waals surface area contributed by atoms with Crippen molar-refractivity contribution in [3.63, 3.8) is 0 Å². The third kappa shape index (κ3) is 5.40. The number of guanidine groups is 2. The van der Waals surface area contributed by atoms with Gasteiger partial charge in [-0.25, -0.2) is 0 Å². The Hall–Kier alpha value is -1.26. The van der Waals surface area contributed by atoms with Crippen LogP contribution in [-0.4, -0.2) is 18.5 Å². The number of aliphatic imine (C=N–C) groups is 1. The molecule has 0 aromatic heterocycles. The zero-order valence-corrected chi connectivity index (χ0v) is 9.39. The molecule has 1 atom stereocenters. The van der Waals surface area contributed by atoms with Gasteiger partial charge in [-0.05, 0) is 11.3 Å². The monoisotopic (exact) mass is 199 g/mol. The molecule has 0 amide bonds. The topological polar surface area (TPSA) is 100 Å². The second-order valence-corrected chi connectivity index (χ2v) is 4.53. The van der Waals surface area contributed by atoms with Crippen LogP contribution in [-0.2, 0) is 0 Å². The molecule has 0 saturated heterocycles. The van der Waals surface area contributed by atoms with E-state index in [0.717, 1.165) is 0 Å². The Balaban J connectivity index is 4.09. The summed E-state index contributed by atoms with van der Waals surface area (Å²) in [5.41, 5.74) is 10.8. The number of nitrogens with two attached hydrogens (primary N) is 2. The molecule has 0 aliphatic rings. The number of nitrogens with zero attached hydrogens (tertiary/aromatic N) is 1. The van der Waals surface area contributed by atoms with Gasteiger partial charge in [0.15, 0.2) is 11.9 Å². The summed E-state index contributed by atoms with van der Waals surface area (Å²) in [5.74, 6) is 0.443. The van der Waals surface area contributed by atoms with Crippen LogP contribution in [0.5, 0.6) is 0 Å². The minimum atomic E-state index is -0.185. The summed E-state index contributed by atoms with van der Waals surface area (Å²) in [5, 5.41) is 9.38. The summed E-state index contributed by atoms with van der Waals surface area (Å²) >= 11 is 0. The van der Waals surface area contributed by atoms with Crippen molar-refractivity contribution in [1.29, 1.82) is 5.41 Å². The van der Waals surface area contributed by atoms with E-state index in [9.17, 15) is 0 Å². The predicted molar refractivity (Wildman–Crippen MR) is 60.2 cm³/mol. The Labute approximate surface area is 85.5 Å². The molecule has 0 spiro atoms. The largest absolute Gasteiger partial charge is 0.370 e. The fourth-order valence-corrected chi connectivity index (χ4v) is 0.687. The molecule has 0 aliphatic carbocycles. The van der Waals surface area contributed by atoms with Crippen LogP contribution in [0.2, 0.25) is 0 Å². The van der Waals surface area contributed by atoms with E-state index in [-0.39, 0.29) is 17.3 Å². The molecule has 0 aliphatic heterocycles. The van der Waals surface area contributed by atoms with Gasteiger partial charge in [0.2, 0.25) is 0 Å². The molecule has 6 N–H and O–H groups in total. The lowest BCUT2D eigenvalue weighted by Crippen LogP contribution is -2.41.